The van der Waals surface area contributed by atoms with E-state index in [9.17, 15) is 4.79 Å². The molecule has 0 atom stereocenters. The first-order chi connectivity index (χ1) is 14.4. The lowest BCUT2D eigenvalue weighted by molar-refractivity contribution is 0.0955. The van der Waals surface area contributed by atoms with Gasteiger partial charge in [0.15, 0.2) is 5.76 Å². The molecule has 1 N–H and O–H groups in total. The molecule has 8 nitrogen and oxygen atoms in total. The van der Waals surface area contributed by atoms with Gasteiger partial charge in [-0.1, -0.05) is 5.16 Å². The first-order valence-corrected chi connectivity index (χ1v) is 10.4. The van der Waals surface area contributed by atoms with Crippen molar-refractivity contribution >= 4 is 17.2 Å². The van der Waals surface area contributed by atoms with Crippen LogP contribution in [0, 0.1) is 27.7 Å². The van der Waals surface area contributed by atoms with E-state index in [4.69, 9.17) is 4.52 Å². The van der Waals surface area contributed by atoms with Gasteiger partial charge in [-0.2, -0.15) is 5.10 Å². The van der Waals surface area contributed by atoms with Gasteiger partial charge in [-0.05, 0) is 39.8 Å². The van der Waals surface area contributed by atoms with Gasteiger partial charge in [0.05, 0.1) is 40.4 Å². The number of aryl methyl sites for hydroxylation is 4. The molecule has 154 valence electrons. The monoisotopic (exact) mass is 422 g/mol. The molecule has 0 aliphatic rings. The molecule has 0 saturated heterocycles. The van der Waals surface area contributed by atoms with Crippen LogP contribution < -0.4 is 5.32 Å². The molecule has 4 aromatic rings. The van der Waals surface area contributed by atoms with E-state index in [0.29, 0.717) is 23.7 Å². The third-order valence-corrected chi connectivity index (χ3v) is 5.71. The highest BCUT2D eigenvalue weighted by molar-refractivity contribution is 7.13. The smallest absolute Gasteiger partial charge is 0.263 e. The second-order valence-electron chi connectivity index (χ2n) is 7.05. The molecule has 0 unspecified atom stereocenters. The van der Waals surface area contributed by atoms with Crippen molar-refractivity contribution < 1.29 is 9.32 Å². The van der Waals surface area contributed by atoms with Crippen molar-refractivity contribution in [2.45, 2.75) is 34.2 Å². The summed E-state index contributed by atoms with van der Waals surface area (Å²) in [7, 11) is 0. The Labute approximate surface area is 178 Å². The molecule has 0 radical (unpaired) electrons. The van der Waals surface area contributed by atoms with Crippen molar-refractivity contribution in [2.24, 2.45) is 0 Å². The molecule has 0 spiro atoms. The van der Waals surface area contributed by atoms with Gasteiger partial charge in [0.1, 0.15) is 4.88 Å². The van der Waals surface area contributed by atoms with Gasteiger partial charge < -0.3 is 9.84 Å². The quantitative estimate of drug-likeness (QED) is 0.508. The number of rotatable bonds is 6. The normalized spacial score (nSPS) is 11.1. The molecule has 1 amide bonds. The fraction of sp³-hybridized carbons (Fsp3) is 0.286. The summed E-state index contributed by atoms with van der Waals surface area (Å²) in [6.07, 6.45) is 3.57. The summed E-state index contributed by atoms with van der Waals surface area (Å²) >= 11 is 1.40. The molecular formula is C21H22N6O2S. The zero-order valence-corrected chi connectivity index (χ0v) is 18.1. The van der Waals surface area contributed by atoms with Crippen LogP contribution in [0.2, 0.25) is 0 Å². The number of thiazole rings is 1. The standard InChI is InChI=1S/C21H22N6O2S/c1-12-5-6-16(10-23-12)19-17(18-9-13(2)26-29-18)11-24-27(19)8-7-22-21(28)20-14(3)25-15(4)30-20/h5-6,9-11H,7-8H2,1-4H3,(H,22,28). The first-order valence-electron chi connectivity index (χ1n) is 9.57. The van der Waals surface area contributed by atoms with Crippen LogP contribution in [-0.4, -0.2) is 37.4 Å². The fourth-order valence-electron chi connectivity index (χ4n) is 3.24. The lowest BCUT2D eigenvalue weighted by atomic mass is 10.1. The van der Waals surface area contributed by atoms with E-state index in [1.807, 2.05) is 56.8 Å². The highest BCUT2D eigenvalue weighted by Gasteiger charge is 2.19. The van der Waals surface area contributed by atoms with Gasteiger partial charge in [0.25, 0.3) is 5.91 Å². The van der Waals surface area contributed by atoms with E-state index in [2.05, 4.69) is 25.5 Å². The molecule has 4 rings (SSSR count). The maximum atomic E-state index is 12.5. The number of hydrogen-bond acceptors (Lipinski definition) is 7. The Hall–Kier alpha value is -3.33. The third kappa shape index (κ3) is 4.02. The average Bonchev–Trinajstić information content (AvgIpc) is 3.41. The highest BCUT2D eigenvalue weighted by atomic mass is 32.1. The highest BCUT2D eigenvalue weighted by Crippen LogP contribution is 2.32. The maximum Gasteiger partial charge on any atom is 0.263 e. The number of nitrogens with zero attached hydrogens (tertiary/aromatic N) is 5. The summed E-state index contributed by atoms with van der Waals surface area (Å²) in [6, 6.07) is 5.84. The zero-order chi connectivity index (χ0) is 21.3. The van der Waals surface area contributed by atoms with Crippen molar-refractivity contribution in [1.29, 1.82) is 0 Å². The Balaban J connectivity index is 1.58. The second-order valence-corrected chi connectivity index (χ2v) is 8.26. The van der Waals surface area contributed by atoms with Gasteiger partial charge in [-0.3, -0.25) is 14.5 Å². The number of carbonyl (C=O) groups is 1. The molecule has 0 bridgehead atoms. The minimum absolute atomic E-state index is 0.116. The number of pyridine rings is 1. The largest absolute Gasteiger partial charge is 0.356 e. The Morgan fingerprint density at radius 1 is 1.17 bits per heavy atom. The van der Waals surface area contributed by atoms with Gasteiger partial charge in [0.2, 0.25) is 0 Å². The van der Waals surface area contributed by atoms with Crippen LogP contribution in [0.25, 0.3) is 22.6 Å². The Morgan fingerprint density at radius 2 is 2.00 bits per heavy atom. The fourth-order valence-corrected chi connectivity index (χ4v) is 4.07. The van der Waals surface area contributed by atoms with Crippen LogP contribution in [-0.2, 0) is 6.54 Å². The number of carbonyl (C=O) groups excluding carboxylic acids is 1. The number of amides is 1. The van der Waals surface area contributed by atoms with Crippen molar-refractivity contribution in [3.05, 3.63) is 57.6 Å². The average molecular weight is 423 g/mol. The SMILES string of the molecule is Cc1ccc(-c2c(-c3cc(C)no3)cnn2CCNC(=O)c2sc(C)nc2C)cn1. The zero-order valence-electron chi connectivity index (χ0n) is 17.3. The van der Waals surface area contributed by atoms with Crippen LogP contribution in [0.3, 0.4) is 0 Å². The van der Waals surface area contributed by atoms with E-state index in [1.165, 1.54) is 11.3 Å². The molecule has 4 heterocycles. The van der Waals surface area contributed by atoms with Crippen molar-refractivity contribution in [1.82, 2.24) is 30.2 Å². The molecule has 0 aromatic carbocycles. The van der Waals surface area contributed by atoms with E-state index < -0.39 is 0 Å². The predicted molar refractivity (Wildman–Crippen MR) is 114 cm³/mol. The minimum Gasteiger partial charge on any atom is -0.356 e. The van der Waals surface area contributed by atoms with Crippen LogP contribution in [0.15, 0.2) is 35.1 Å². The van der Waals surface area contributed by atoms with Crippen LogP contribution in [0.1, 0.15) is 31.8 Å². The lowest BCUT2D eigenvalue weighted by Gasteiger charge is -2.10. The van der Waals surface area contributed by atoms with Crippen LogP contribution >= 0.6 is 11.3 Å². The molecule has 0 saturated carbocycles. The van der Waals surface area contributed by atoms with E-state index >= 15 is 0 Å². The Morgan fingerprint density at radius 3 is 2.63 bits per heavy atom. The molecule has 0 fully saturated rings. The molecule has 30 heavy (non-hydrogen) atoms. The summed E-state index contributed by atoms with van der Waals surface area (Å²) < 4.78 is 7.32. The topological polar surface area (TPSA) is 98.7 Å². The van der Waals surface area contributed by atoms with E-state index in [-0.39, 0.29) is 5.91 Å². The number of aromatic nitrogens is 5. The van der Waals surface area contributed by atoms with Gasteiger partial charge >= 0.3 is 0 Å². The maximum absolute atomic E-state index is 12.5. The first kappa shape index (κ1) is 20.0. The van der Waals surface area contributed by atoms with Gasteiger partial charge in [0, 0.05) is 30.1 Å². The Bertz CT molecular complexity index is 1190. The molecular weight excluding hydrogens is 400 g/mol. The number of hydrogen-bond donors (Lipinski definition) is 1. The van der Waals surface area contributed by atoms with Crippen molar-refractivity contribution in [2.75, 3.05) is 6.54 Å². The molecule has 0 aliphatic carbocycles. The summed E-state index contributed by atoms with van der Waals surface area (Å²) in [5.74, 6) is 0.531. The van der Waals surface area contributed by atoms with Gasteiger partial charge in [-0.25, -0.2) is 4.98 Å². The summed E-state index contributed by atoms with van der Waals surface area (Å²) in [5, 5.41) is 12.4. The molecule has 9 heteroatoms. The Kier molecular flexibility index (Phi) is 5.45. The minimum atomic E-state index is -0.116. The van der Waals surface area contributed by atoms with Crippen LogP contribution in [0.4, 0.5) is 0 Å². The van der Waals surface area contributed by atoms with Crippen LogP contribution in [0.5, 0.6) is 0 Å². The summed E-state index contributed by atoms with van der Waals surface area (Å²) in [4.78, 5) is 21.9. The van der Waals surface area contributed by atoms with Crippen molar-refractivity contribution in [3.8, 4) is 22.6 Å². The third-order valence-electron chi connectivity index (χ3n) is 4.64. The second kappa shape index (κ2) is 8.19. The molecule has 4 aromatic heterocycles. The van der Waals surface area contributed by atoms with Gasteiger partial charge in [-0.15, -0.1) is 11.3 Å². The van der Waals surface area contributed by atoms with E-state index in [1.54, 1.807) is 6.20 Å². The summed E-state index contributed by atoms with van der Waals surface area (Å²) in [6.45, 7) is 8.49. The lowest BCUT2D eigenvalue weighted by Crippen LogP contribution is -2.27. The summed E-state index contributed by atoms with van der Waals surface area (Å²) in [5.41, 5.74) is 5.11. The molecule has 0 aliphatic heterocycles. The van der Waals surface area contributed by atoms with E-state index in [0.717, 1.165) is 38.9 Å². The van der Waals surface area contributed by atoms with Crippen molar-refractivity contribution in [3.63, 3.8) is 0 Å². The number of nitrogens with one attached hydrogen (secondary N) is 1. The predicted octanol–water partition coefficient (Wildman–Crippen LogP) is 3.72.